The highest BCUT2D eigenvalue weighted by molar-refractivity contribution is 5.04. The lowest BCUT2D eigenvalue weighted by Crippen LogP contribution is -2.50. The van der Waals surface area contributed by atoms with Gasteiger partial charge in [0.2, 0.25) is 0 Å². The lowest BCUT2D eigenvalue weighted by atomic mass is 9.98. The zero-order valence-corrected chi connectivity index (χ0v) is 10.1. The topological polar surface area (TPSA) is 90.5 Å². The molecule has 0 saturated heterocycles. The van der Waals surface area contributed by atoms with Crippen LogP contribution in [0.3, 0.4) is 0 Å². The summed E-state index contributed by atoms with van der Waals surface area (Å²) in [7, 11) is 0. The number of aromatic nitrogens is 2. The SMILES string of the molecule is CCC(CO)(CO)NCc1cnn(CCO)c1. The Morgan fingerprint density at radius 1 is 1.35 bits per heavy atom. The van der Waals surface area contributed by atoms with E-state index < -0.39 is 5.54 Å². The molecule has 0 fully saturated rings. The first-order chi connectivity index (χ1) is 8.19. The summed E-state index contributed by atoms with van der Waals surface area (Å²) in [5, 5.41) is 34.5. The minimum atomic E-state index is -0.640. The van der Waals surface area contributed by atoms with Crippen molar-refractivity contribution in [3.8, 4) is 0 Å². The predicted molar refractivity (Wildman–Crippen MR) is 63.3 cm³/mol. The van der Waals surface area contributed by atoms with Gasteiger partial charge in [0.1, 0.15) is 0 Å². The maximum absolute atomic E-state index is 9.27. The maximum atomic E-state index is 9.27. The highest BCUT2D eigenvalue weighted by Gasteiger charge is 2.25. The summed E-state index contributed by atoms with van der Waals surface area (Å²) in [5.41, 5.74) is 0.317. The van der Waals surface area contributed by atoms with Gasteiger partial charge in [-0.1, -0.05) is 6.92 Å². The van der Waals surface area contributed by atoms with Crippen molar-refractivity contribution in [1.29, 1.82) is 0 Å². The van der Waals surface area contributed by atoms with Crippen LogP contribution in [0.15, 0.2) is 12.4 Å². The van der Waals surface area contributed by atoms with Gasteiger partial charge >= 0.3 is 0 Å². The van der Waals surface area contributed by atoms with Crippen LogP contribution in [-0.2, 0) is 13.1 Å². The molecule has 1 aromatic rings. The molecular weight excluding hydrogens is 222 g/mol. The van der Waals surface area contributed by atoms with Crippen LogP contribution in [0.1, 0.15) is 18.9 Å². The monoisotopic (exact) mass is 243 g/mol. The molecule has 0 aliphatic carbocycles. The van der Waals surface area contributed by atoms with E-state index >= 15 is 0 Å². The average Bonchev–Trinajstić information content (AvgIpc) is 2.80. The van der Waals surface area contributed by atoms with Crippen molar-refractivity contribution in [2.75, 3.05) is 19.8 Å². The van der Waals surface area contributed by atoms with Crippen LogP contribution in [0.2, 0.25) is 0 Å². The van der Waals surface area contributed by atoms with Gasteiger partial charge in [0.25, 0.3) is 0 Å². The van der Waals surface area contributed by atoms with Crippen molar-refractivity contribution >= 4 is 0 Å². The summed E-state index contributed by atoms with van der Waals surface area (Å²) >= 11 is 0. The third kappa shape index (κ3) is 3.78. The largest absolute Gasteiger partial charge is 0.394 e. The van der Waals surface area contributed by atoms with Crippen LogP contribution < -0.4 is 5.32 Å². The van der Waals surface area contributed by atoms with Crippen molar-refractivity contribution in [2.24, 2.45) is 0 Å². The molecule has 98 valence electrons. The van der Waals surface area contributed by atoms with Crippen LogP contribution in [0.25, 0.3) is 0 Å². The van der Waals surface area contributed by atoms with Gasteiger partial charge in [0.05, 0.1) is 38.1 Å². The summed E-state index contributed by atoms with van der Waals surface area (Å²) < 4.78 is 1.66. The first-order valence-corrected chi connectivity index (χ1v) is 5.78. The second-order valence-corrected chi connectivity index (χ2v) is 4.14. The van der Waals surface area contributed by atoms with Crippen LogP contribution in [0.5, 0.6) is 0 Å². The molecule has 0 amide bonds. The molecule has 0 radical (unpaired) electrons. The molecule has 1 rings (SSSR count). The Bertz CT molecular complexity index is 315. The van der Waals surface area contributed by atoms with Gasteiger partial charge in [-0.25, -0.2) is 0 Å². The van der Waals surface area contributed by atoms with Gasteiger partial charge in [-0.2, -0.15) is 5.10 Å². The summed E-state index contributed by atoms with van der Waals surface area (Å²) in [4.78, 5) is 0. The molecule has 6 heteroatoms. The normalized spacial score (nSPS) is 12.0. The Labute approximate surface area is 101 Å². The van der Waals surface area contributed by atoms with Gasteiger partial charge in [-0.05, 0) is 6.42 Å². The first-order valence-electron chi connectivity index (χ1n) is 5.78. The molecule has 0 aliphatic heterocycles. The minimum absolute atomic E-state index is 0.0563. The first kappa shape index (κ1) is 14.1. The zero-order valence-electron chi connectivity index (χ0n) is 10.1. The molecule has 0 unspecified atom stereocenters. The van der Waals surface area contributed by atoms with E-state index in [-0.39, 0.29) is 19.8 Å². The molecule has 0 atom stereocenters. The van der Waals surface area contributed by atoms with Crippen LogP contribution in [0, 0.1) is 0 Å². The highest BCUT2D eigenvalue weighted by atomic mass is 16.3. The Kier molecular flexibility index (Phi) is 5.57. The highest BCUT2D eigenvalue weighted by Crippen LogP contribution is 2.10. The number of aliphatic hydroxyl groups excluding tert-OH is 3. The molecule has 6 nitrogen and oxygen atoms in total. The number of aliphatic hydroxyl groups is 3. The molecule has 1 heterocycles. The van der Waals surface area contributed by atoms with E-state index in [0.717, 1.165) is 5.56 Å². The Hall–Kier alpha value is -0.950. The van der Waals surface area contributed by atoms with E-state index in [1.165, 1.54) is 0 Å². The molecule has 0 aromatic carbocycles. The molecule has 0 bridgehead atoms. The summed E-state index contributed by atoms with van der Waals surface area (Å²) in [6, 6.07) is 0. The fourth-order valence-electron chi connectivity index (χ4n) is 1.52. The molecular formula is C11H21N3O3. The van der Waals surface area contributed by atoms with E-state index in [1.54, 1.807) is 10.9 Å². The molecule has 4 N–H and O–H groups in total. The third-order valence-corrected chi connectivity index (χ3v) is 2.97. The van der Waals surface area contributed by atoms with Crippen LogP contribution in [-0.4, -0.2) is 50.5 Å². The van der Waals surface area contributed by atoms with E-state index in [4.69, 9.17) is 5.11 Å². The smallest absolute Gasteiger partial charge is 0.0648 e. The van der Waals surface area contributed by atoms with E-state index in [2.05, 4.69) is 10.4 Å². The number of hydrogen-bond acceptors (Lipinski definition) is 5. The quantitative estimate of drug-likeness (QED) is 0.475. The summed E-state index contributed by atoms with van der Waals surface area (Å²) in [6.45, 7) is 2.75. The minimum Gasteiger partial charge on any atom is -0.394 e. The van der Waals surface area contributed by atoms with Crippen LogP contribution >= 0.6 is 0 Å². The van der Waals surface area contributed by atoms with Gasteiger partial charge in [0.15, 0.2) is 0 Å². The van der Waals surface area contributed by atoms with E-state index in [0.29, 0.717) is 19.5 Å². The average molecular weight is 243 g/mol. The van der Waals surface area contributed by atoms with Crippen molar-refractivity contribution in [3.05, 3.63) is 18.0 Å². The van der Waals surface area contributed by atoms with E-state index in [1.807, 2.05) is 13.1 Å². The third-order valence-electron chi connectivity index (χ3n) is 2.97. The molecule has 0 saturated carbocycles. The molecule has 1 aromatic heterocycles. The van der Waals surface area contributed by atoms with Crippen molar-refractivity contribution in [3.63, 3.8) is 0 Å². The number of nitrogens with zero attached hydrogens (tertiary/aromatic N) is 2. The summed E-state index contributed by atoms with van der Waals surface area (Å²) in [5.74, 6) is 0. The predicted octanol–water partition coefficient (Wildman–Crippen LogP) is -0.902. The van der Waals surface area contributed by atoms with E-state index in [9.17, 15) is 10.2 Å². The maximum Gasteiger partial charge on any atom is 0.0648 e. The second kappa shape index (κ2) is 6.70. The Balaban J connectivity index is 2.53. The number of nitrogens with one attached hydrogen (secondary N) is 1. The Morgan fingerprint density at radius 3 is 2.59 bits per heavy atom. The van der Waals surface area contributed by atoms with Gasteiger partial charge < -0.3 is 20.6 Å². The second-order valence-electron chi connectivity index (χ2n) is 4.14. The van der Waals surface area contributed by atoms with Gasteiger partial charge in [-0.15, -0.1) is 0 Å². The molecule has 0 spiro atoms. The van der Waals surface area contributed by atoms with Crippen molar-refractivity contribution in [2.45, 2.75) is 32.0 Å². The lowest BCUT2D eigenvalue weighted by molar-refractivity contribution is 0.0864. The number of hydrogen-bond donors (Lipinski definition) is 4. The van der Waals surface area contributed by atoms with Crippen LogP contribution in [0.4, 0.5) is 0 Å². The molecule has 0 aliphatic rings. The fraction of sp³-hybridized carbons (Fsp3) is 0.727. The van der Waals surface area contributed by atoms with Crippen molar-refractivity contribution < 1.29 is 15.3 Å². The fourth-order valence-corrected chi connectivity index (χ4v) is 1.52. The van der Waals surface area contributed by atoms with Gasteiger partial charge in [-0.3, -0.25) is 4.68 Å². The summed E-state index contributed by atoms with van der Waals surface area (Å²) in [6.07, 6.45) is 4.18. The zero-order chi connectivity index (χ0) is 12.7. The lowest BCUT2D eigenvalue weighted by Gasteiger charge is -2.29. The Morgan fingerprint density at radius 2 is 2.06 bits per heavy atom. The molecule has 17 heavy (non-hydrogen) atoms. The van der Waals surface area contributed by atoms with Gasteiger partial charge in [0, 0.05) is 18.3 Å². The van der Waals surface area contributed by atoms with Crippen molar-refractivity contribution in [1.82, 2.24) is 15.1 Å². The standard InChI is InChI=1S/C11H21N3O3/c1-2-11(8-16,9-17)12-5-10-6-13-14(7-10)3-4-15/h6-7,12,15-17H,2-5,8-9H2,1H3. The number of rotatable bonds is 8.